The Morgan fingerprint density at radius 3 is 2.81 bits per heavy atom. The van der Waals surface area contributed by atoms with Crippen LogP contribution in [0.25, 0.3) is 20.9 Å². The van der Waals surface area contributed by atoms with Crippen LogP contribution in [0.5, 0.6) is 0 Å². The number of nitrogens with zero attached hydrogens (tertiary/aromatic N) is 2. The maximum Gasteiger partial charge on any atom is 0.257 e. The number of carbonyl (C=O) groups excluding carboxylic acids is 1. The van der Waals surface area contributed by atoms with E-state index >= 15 is 0 Å². The molecule has 1 aromatic carbocycles. The van der Waals surface area contributed by atoms with Crippen LogP contribution in [0.3, 0.4) is 0 Å². The number of fused-ring (bicyclic) bond motifs is 1. The Hall–Kier alpha value is -3.32. The van der Waals surface area contributed by atoms with Crippen molar-refractivity contribution >= 4 is 33.3 Å². The summed E-state index contributed by atoms with van der Waals surface area (Å²) in [7, 11) is 0. The van der Waals surface area contributed by atoms with Crippen LogP contribution in [0.15, 0.2) is 59.7 Å². The fourth-order valence-corrected chi connectivity index (χ4v) is 3.62. The molecule has 0 radical (unpaired) electrons. The molecule has 26 heavy (non-hydrogen) atoms. The molecule has 0 fully saturated rings. The molecule has 0 spiro atoms. The quantitative estimate of drug-likeness (QED) is 0.583. The number of H-pyrrole nitrogens is 1. The van der Waals surface area contributed by atoms with Gasteiger partial charge in [-0.25, -0.2) is 9.97 Å². The van der Waals surface area contributed by atoms with Crippen LogP contribution in [0, 0.1) is 6.92 Å². The van der Waals surface area contributed by atoms with E-state index in [2.05, 4.69) is 20.3 Å². The molecule has 0 saturated heterocycles. The lowest BCUT2D eigenvalue weighted by atomic mass is 10.1. The van der Waals surface area contributed by atoms with E-state index in [4.69, 9.17) is 0 Å². The molecule has 0 atom stereocenters. The van der Waals surface area contributed by atoms with Gasteiger partial charge in [0.15, 0.2) is 0 Å². The molecule has 0 aliphatic heterocycles. The summed E-state index contributed by atoms with van der Waals surface area (Å²) in [5, 5.41) is 3.75. The number of amides is 1. The van der Waals surface area contributed by atoms with E-state index in [1.807, 2.05) is 37.3 Å². The van der Waals surface area contributed by atoms with Crippen molar-refractivity contribution in [1.29, 1.82) is 0 Å². The first-order valence-electron chi connectivity index (χ1n) is 7.93. The first-order chi connectivity index (χ1) is 12.6. The number of carbonyl (C=O) groups is 1. The highest BCUT2D eigenvalue weighted by Crippen LogP contribution is 2.33. The largest absolute Gasteiger partial charge is 0.328 e. The number of benzene rings is 1. The number of hydrogen-bond acceptors (Lipinski definition) is 5. The van der Waals surface area contributed by atoms with E-state index in [0.717, 1.165) is 26.5 Å². The first kappa shape index (κ1) is 16.2. The van der Waals surface area contributed by atoms with Gasteiger partial charge in [0.2, 0.25) is 5.56 Å². The minimum Gasteiger partial charge on any atom is -0.328 e. The van der Waals surface area contributed by atoms with Crippen molar-refractivity contribution < 1.29 is 4.79 Å². The average Bonchev–Trinajstić information content (AvgIpc) is 3.08. The Balaban J connectivity index is 1.68. The van der Waals surface area contributed by atoms with E-state index in [9.17, 15) is 9.59 Å². The van der Waals surface area contributed by atoms with Crippen molar-refractivity contribution in [3.05, 3.63) is 76.3 Å². The zero-order valence-corrected chi connectivity index (χ0v) is 14.6. The number of anilines is 1. The summed E-state index contributed by atoms with van der Waals surface area (Å²) in [5.74, 6) is -0.285. The summed E-state index contributed by atoms with van der Waals surface area (Å²) in [4.78, 5) is 35.9. The van der Waals surface area contributed by atoms with E-state index in [0.29, 0.717) is 11.3 Å². The third-order valence-electron chi connectivity index (χ3n) is 4.03. The van der Waals surface area contributed by atoms with E-state index < -0.39 is 0 Å². The van der Waals surface area contributed by atoms with Crippen molar-refractivity contribution in [3.8, 4) is 10.6 Å². The Labute approximate surface area is 152 Å². The minimum atomic E-state index is -0.285. The lowest BCUT2D eigenvalue weighted by Gasteiger charge is -2.11. The van der Waals surface area contributed by atoms with Crippen LogP contribution < -0.4 is 10.9 Å². The van der Waals surface area contributed by atoms with Gasteiger partial charge in [-0.15, -0.1) is 0 Å². The molecule has 3 heterocycles. The molecule has 4 rings (SSSR count). The molecule has 128 valence electrons. The molecule has 0 saturated carbocycles. The van der Waals surface area contributed by atoms with E-state index in [1.165, 1.54) is 29.7 Å². The molecule has 3 aromatic heterocycles. The average molecular weight is 362 g/mol. The lowest BCUT2D eigenvalue weighted by molar-refractivity contribution is 0.102. The predicted octanol–water partition coefficient (Wildman–Crippen LogP) is 3.61. The molecule has 0 aliphatic rings. The van der Waals surface area contributed by atoms with Gasteiger partial charge in [-0.1, -0.05) is 23.5 Å². The van der Waals surface area contributed by atoms with Gasteiger partial charge < -0.3 is 10.3 Å². The topological polar surface area (TPSA) is 87.7 Å². The Morgan fingerprint density at radius 2 is 2.04 bits per heavy atom. The van der Waals surface area contributed by atoms with Crippen LogP contribution in [0.4, 0.5) is 5.69 Å². The fraction of sp³-hybridized carbons (Fsp3) is 0.0526. The molecule has 0 unspecified atom stereocenters. The molecule has 4 aromatic rings. The summed E-state index contributed by atoms with van der Waals surface area (Å²) in [6.45, 7) is 1.94. The maximum atomic E-state index is 12.4. The van der Waals surface area contributed by atoms with Crippen molar-refractivity contribution in [1.82, 2.24) is 15.0 Å². The summed E-state index contributed by atoms with van der Waals surface area (Å²) < 4.78 is 0. The van der Waals surface area contributed by atoms with Gasteiger partial charge in [-0.2, -0.15) is 0 Å². The number of hydrogen-bond donors (Lipinski definition) is 2. The number of aromatic amines is 1. The first-order valence-corrected chi connectivity index (χ1v) is 8.75. The highest BCUT2D eigenvalue weighted by Gasteiger charge is 2.13. The van der Waals surface area contributed by atoms with Crippen molar-refractivity contribution in [2.75, 3.05) is 5.32 Å². The Morgan fingerprint density at radius 1 is 1.15 bits per heavy atom. The van der Waals surface area contributed by atoms with Crippen LogP contribution >= 0.6 is 11.3 Å². The number of pyridine rings is 2. The number of nitrogens with one attached hydrogen (secondary N) is 2. The van der Waals surface area contributed by atoms with Gasteiger partial charge in [-0.3, -0.25) is 9.59 Å². The van der Waals surface area contributed by atoms with Gasteiger partial charge >= 0.3 is 0 Å². The Kier molecular flexibility index (Phi) is 4.06. The van der Waals surface area contributed by atoms with Gasteiger partial charge in [0, 0.05) is 29.7 Å². The normalized spacial score (nSPS) is 10.8. The summed E-state index contributed by atoms with van der Waals surface area (Å²) in [6, 6.07) is 12.3. The Bertz CT molecular complexity index is 1130. The third-order valence-corrected chi connectivity index (χ3v) is 5.04. The number of thiazole rings is 1. The van der Waals surface area contributed by atoms with Crippen LogP contribution in [-0.4, -0.2) is 20.9 Å². The molecule has 7 heteroatoms. The van der Waals surface area contributed by atoms with Crippen LogP contribution in [-0.2, 0) is 0 Å². The summed E-state index contributed by atoms with van der Waals surface area (Å²) in [6.07, 6.45) is 3.15. The van der Waals surface area contributed by atoms with Gasteiger partial charge in [-0.05, 0) is 36.8 Å². The lowest BCUT2D eigenvalue weighted by Crippen LogP contribution is -2.15. The molecule has 2 N–H and O–H groups in total. The number of aromatic nitrogens is 3. The van der Waals surface area contributed by atoms with Crippen molar-refractivity contribution in [2.24, 2.45) is 0 Å². The summed E-state index contributed by atoms with van der Waals surface area (Å²) >= 11 is 1.52. The van der Waals surface area contributed by atoms with Crippen LogP contribution in [0.1, 0.15) is 15.9 Å². The zero-order valence-electron chi connectivity index (χ0n) is 13.8. The molecular formula is C19H14N4O2S. The molecular weight excluding hydrogens is 348 g/mol. The zero-order chi connectivity index (χ0) is 18.1. The van der Waals surface area contributed by atoms with Gasteiger partial charge in [0.1, 0.15) is 15.4 Å². The summed E-state index contributed by atoms with van der Waals surface area (Å²) in [5.41, 5.74) is 3.57. The fourth-order valence-electron chi connectivity index (χ4n) is 2.63. The highest BCUT2D eigenvalue weighted by atomic mass is 32.1. The second kappa shape index (κ2) is 6.53. The monoisotopic (exact) mass is 362 g/mol. The highest BCUT2D eigenvalue weighted by molar-refractivity contribution is 7.21. The van der Waals surface area contributed by atoms with Gasteiger partial charge in [0.05, 0.1) is 5.56 Å². The van der Waals surface area contributed by atoms with E-state index in [1.54, 1.807) is 6.20 Å². The molecule has 1 amide bonds. The molecule has 0 bridgehead atoms. The SMILES string of the molecule is Cc1c(NC(=O)c2ccc(=O)[nH]c2)cccc1-c1nc2cccnc2s1. The second-order valence-electron chi connectivity index (χ2n) is 5.72. The second-order valence-corrected chi connectivity index (χ2v) is 6.70. The predicted molar refractivity (Wildman–Crippen MR) is 103 cm³/mol. The molecule has 0 aliphatic carbocycles. The van der Waals surface area contributed by atoms with Crippen molar-refractivity contribution in [2.45, 2.75) is 6.92 Å². The maximum absolute atomic E-state index is 12.4. The van der Waals surface area contributed by atoms with Crippen LogP contribution in [0.2, 0.25) is 0 Å². The van der Waals surface area contributed by atoms with Gasteiger partial charge in [0.25, 0.3) is 5.91 Å². The number of rotatable bonds is 3. The smallest absolute Gasteiger partial charge is 0.257 e. The third kappa shape index (κ3) is 3.00. The standard InChI is InChI=1S/C19H14N4O2S/c1-11-13(18-23-15-6-3-9-20-19(15)26-18)4-2-5-14(11)22-17(25)12-7-8-16(24)21-10-12/h2-10H,1H3,(H,21,24)(H,22,25). The van der Waals surface area contributed by atoms with Crippen molar-refractivity contribution in [3.63, 3.8) is 0 Å². The van der Waals surface area contributed by atoms with E-state index in [-0.39, 0.29) is 11.5 Å². The minimum absolute atomic E-state index is 0.246. The molecule has 6 nitrogen and oxygen atoms in total.